The number of fused-ring (bicyclic) bond motifs is 2. The molecule has 0 saturated heterocycles. The summed E-state index contributed by atoms with van der Waals surface area (Å²) in [6, 6.07) is 16.0. The Balaban J connectivity index is 1.89. The number of carbonyl (C=O) groups excluding carboxylic acids is 1. The Morgan fingerprint density at radius 2 is 1.45 bits per heavy atom. The van der Waals surface area contributed by atoms with E-state index in [0.717, 1.165) is 9.65 Å². The van der Waals surface area contributed by atoms with Gasteiger partial charge in [0.15, 0.2) is 5.78 Å². The Bertz CT molecular complexity index is 1440. The standard InChI is InChI=1S/C23H18N2O3S/c1-13-11-14(2)23(15(3)12-13)29(27,28)25-19-10-6-9-18-20(19)21(24-25)16-7-4-5-8-17(16)22(18)26/h4-12H,1-3H3. The molecule has 1 heterocycles. The summed E-state index contributed by atoms with van der Waals surface area (Å²) in [7, 11) is -3.95. The first-order valence-corrected chi connectivity index (χ1v) is 10.7. The highest BCUT2D eigenvalue weighted by atomic mass is 32.2. The Hall–Kier alpha value is -3.25. The lowest BCUT2D eigenvalue weighted by atomic mass is 9.87. The molecule has 0 saturated carbocycles. The van der Waals surface area contributed by atoms with Crippen molar-refractivity contribution in [1.82, 2.24) is 9.19 Å². The minimum absolute atomic E-state index is 0.113. The molecule has 0 aliphatic heterocycles. The Morgan fingerprint density at radius 1 is 0.828 bits per heavy atom. The third-order valence-electron chi connectivity index (χ3n) is 5.44. The minimum atomic E-state index is -3.95. The van der Waals surface area contributed by atoms with Gasteiger partial charge in [-0.25, -0.2) is 0 Å². The van der Waals surface area contributed by atoms with E-state index < -0.39 is 10.0 Å². The molecule has 5 nitrogen and oxygen atoms in total. The monoisotopic (exact) mass is 402 g/mol. The number of ketones is 1. The van der Waals surface area contributed by atoms with Crippen LogP contribution in [-0.2, 0) is 10.0 Å². The maximum absolute atomic E-state index is 13.7. The van der Waals surface area contributed by atoms with Crippen molar-refractivity contribution in [1.29, 1.82) is 0 Å². The first-order valence-electron chi connectivity index (χ1n) is 9.30. The van der Waals surface area contributed by atoms with Crippen LogP contribution < -0.4 is 0 Å². The summed E-state index contributed by atoms with van der Waals surface area (Å²) in [6.07, 6.45) is 0. The van der Waals surface area contributed by atoms with Crippen LogP contribution in [0.2, 0.25) is 0 Å². The highest BCUT2D eigenvalue weighted by molar-refractivity contribution is 7.90. The fourth-order valence-electron chi connectivity index (χ4n) is 4.40. The van der Waals surface area contributed by atoms with E-state index in [-0.39, 0.29) is 10.7 Å². The van der Waals surface area contributed by atoms with Gasteiger partial charge >= 0.3 is 0 Å². The second-order valence-corrected chi connectivity index (χ2v) is 9.20. The molecule has 1 aliphatic rings. The van der Waals surface area contributed by atoms with Gasteiger partial charge in [0.2, 0.25) is 0 Å². The van der Waals surface area contributed by atoms with Crippen LogP contribution >= 0.6 is 0 Å². The largest absolute Gasteiger partial charge is 0.289 e. The van der Waals surface area contributed by atoms with Crippen LogP contribution in [0, 0.1) is 20.8 Å². The van der Waals surface area contributed by atoms with Crippen LogP contribution in [0.15, 0.2) is 59.5 Å². The molecule has 4 aromatic rings. The van der Waals surface area contributed by atoms with Gasteiger partial charge in [-0.2, -0.15) is 17.6 Å². The van der Waals surface area contributed by atoms with E-state index in [4.69, 9.17) is 0 Å². The van der Waals surface area contributed by atoms with Gasteiger partial charge in [-0.3, -0.25) is 4.79 Å². The molecule has 0 fully saturated rings. The zero-order valence-electron chi connectivity index (χ0n) is 16.2. The first-order chi connectivity index (χ1) is 13.8. The van der Waals surface area contributed by atoms with Gasteiger partial charge in [0.05, 0.1) is 10.4 Å². The molecule has 1 aromatic heterocycles. The lowest BCUT2D eigenvalue weighted by molar-refractivity contribution is 0.104. The number of carbonyl (C=O) groups is 1. The third kappa shape index (κ3) is 2.36. The molecule has 1 aliphatic carbocycles. The molecule has 0 bridgehead atoms. The molecule has 3 aromatic carbocycles. The van der Waals surface area contributed by atoms with E-state index in [0.29, 0.717) is 44.4 Å². The number of hydrogen-bond acceptors (Lipinski definition) is 4. The molecule has 144 valence electrons. The van der Waals surface area contributed by atoms with E-state index in [1.165, 1.54) is 0 Å². The number of aryl methyl sites for hydroxylation is 3. The zero-order chi connectivity index (χ0) is 20.5. The van der Waals surface area contributed by atoms with Crippen LogP contribution in [0.3, 0.4) is 0 Å². The maximum atomic E-state index is 13.7. The number of hydrogen-bond donors (Lipinski definition) is 0. The molecule has 0 spiro atoms. The predicted molar refractivity (Wildman–Crippen MR) is 112 cm³/mol. The van der Waals surface area contributed by atoms with Gasteiger partial charge in [0, 0.05) is 22.1 Å². The molecular weight excluding hydrogens is 384 g/mol. The summed E-state index contributed by atoms with van der Waals surface area (Å²) in [5.74, 6) is -0.113. The SMILES string of the molecule is Cc1cc(C)c(S(=O)(=O)n2nc3c4c(cccc42)C(=O)c2ccccc2-3)c(C)c1. The summed E-state index contributed by atoms with van der Waals surface area (Å²) in [5, 5.41) is 5.11. The van der Waals surface area contributed by atoms with Gasteiger partial charge in [0.25, 0.3) is 10.0 Å². The Kier molecular flexibility index (Phi) is 3.61. The summed E-state index contributed by atoms with van der Waals surface area (Å²) in [6.45, 7) is 5.53. The Labute approximate surface area is 168 Å². The number of benzene rings is 3. The number of rotatable bonds is 2. The van der Waals surface area contributed by atoms with Crippen molar-refractivity contribution in [2.75, 3.05) is 0 Å². The normalized spacial score (nSPS) is 13.0. The number of nitrogens with zero attached hydrogens (tertiary/aromatic N) is 2. The third-order valence-corrected chi connectivity index (χ3v) is 7.33. The van der Waals surface area contributed by atoms with E-state index in [1.54, 1.807) is 44.2 Å². The summed E-state index contributed by atoms with van der Waals surface area (Å²) in [5.41, 5.74) is 4.98. The van der Waals surface area contributed by atoms with Crippen molar-refractivity contribution in [2.45, 2.75) is 25.7 Å². The summed E-state index contributed by atoms with van der Waals surface area (Å²) < 4.78 is 28.4. The molecule has 0 unspecified atom stereocenters. The van der Waals surface area contributed by atoms with Crippen LogP contribution in [0.1, 0.15) is 32.6 Å². The molecule has 6 heteroatoms. The van der Waals surface area contributed by atoms with E-state index in [9.17, 15) is 13.2 Å². The highest BCUT2D eigenvalue weighted by Crippen LogP contribution is 2.40. The van der Waals surface area contributed by atoms with Crippen molar-refractivity contribution < 1.29 is 13.2 Å². The quantitative estimate of drug-likeness (QED) is 0.439. The topological polar surface area (TPSA) is 69.0 Å². The molecule has 0 radical (unpaired) electrons. The van der Waals surface area contributed by atoms with Gasteiger partial charge in [0.1, 0.15) is 5.69 Å². The molecule has 5 rings (SSSR count). The van der Waals surface area contributed by atoms with Gasteiger partial charge in [-0.1, -0.05) is 54.1 Å². The van der Waals surface area contributed by atoms with Crippen LogP contribution in [-0.4, -0.2) is 23.4 Å². The van der Waals surface area contributed by atoms with E-state index in [2.05, 4.69) is 5.10 Å². The zero-order valence-corrected chi connectivity index (χ0v) is 17.0. The Morgan fingerprint density at radius 3 is 2.14 bits per heavy atom. The van der Waals surface area contributed by atoms with Crippen LogP contribution in [0.4, 0.5) is 0 Å². The average molecular weight is 402 g/mol. The predicted octanol–water partition coefficient (Wildman–Crippen LogP) is 4.41. The van der Waals surface area contributed by atoms with Crippen molar-refractivity contribution in [3.63, 3.8) is 0 Å². The fourth-order valence-corrected chi connectivity index (χ4v) is 6.10. The maximum Gasteiger partial charge on any atom is 0.284 e. The number of aromatic nitrogens is 2. The van der Waals surface area contributed by atoms with E-state index in [1.807, 2.05) is 31.2 Å². The minimum Gasteiger partial charge on any atom is -0.289 e. The second-order valence-electron chi connectivity index (χ2n) is 7.50. The van der Waals surface area contributed by atoms with Crippen LogP contribution in [0.5, 0.6) is 0 Å². The van der Waals surface area contributed by atoms with Crippen LogP contribution in [0.25, 0.3) is 22.2 Å². The second kappa shape index (κ2) is 5.87. The van der Waals surface area contributed by atoms with Crippen molar-refractivity contribution >= 4 is 26.7 Å². The van der Waals surface area contributed by atoms with Gasteiger partial charge in [-0.15, -0.1) is 0 Å². The van der Waals surface area contributed by atoms with E-state index >= 15 is 0 Å². The molecular formula is C23H18N2O3S. The molecule has 0 atom stereocenters. The molecule has 29 heavy (non-hydrogen) atoms. The average Bonchev–Trinajstić information content (AvgIpc) is 3.06. The summed E-state index contributed by atoms with van der Waals surface area (Å²) >= 11 is 0. The van der Waals surface area contributed by atoms with Crippen molar-refractivity contribution in [3.8, 4) is 11.3 Å². The summed E-state index contributed by atoms with van der Waals surface area (Å²) in [4.78, 5) is 13.2. The lowest BCUT2D eigenvalue weighted by Gasteiger charge is -2.13. The lowest BCUT2D eigenvalue weighted by Crippen LogP contribution is -2.17. The molecule has 0 N–H and O–H groups in total. The fraction of sp³-hybridized carbons (Fsp3) is 0.130. The van der Waals surface area contributed by atoms with Gasteiger partial charge in [-0.05, 0) is 38.0 Å². The van der Waals surface area contributed by atoms with Gasteiger partial charge < -0.3 is 0 Å². The first kappa shape index (κ1) is 17.8. The highest BCUT2D eigenvalue weighted by Gasteiger charge is 2.32. The smallest absolute Gasteiger partial charge is 0.284 e. The van der Waals surface area contributed by atoms with Crippen molar-refractivity contribution in [2.24, 2.45) is 0 Å². The van der Waals surface area contributed by atoms with Crippen molar-refractivity contribution in [3.05, 3.63) is 82.4 Å². The molecule has 0 amide bonds.